The Morgan fingerprint density at radius 1 is 0.864 bits per heavy atom. The number of carbonyl (C=O) groups is 2. The largest absolute Gasteiger partial charge is 0.386 e. The Morgan fingerprint density at radius 3 is 2.19 bits per heavy atom. The van der Waals surface area contributed by atoms with Crippen molar-refractivity contribution in [2.24, 2.45) is 5.92 Å². The smallest absolute Gasteiger partial charge is 0.349 e. The standard InChI is InChI=1S/C32H34F2N10O11P2S2/c1-14(2)27(45)41-32-40-26-21(29(47)42-32)38-13-44(26)31-19(34)23-17(53-31)10-51-57(49,59)54-22-16(8-9-50-56(48,58)55-23)52-30(18(22)33)43-12-37-20-24(35-11-36-25(20)43)39-28(46)15-6-4-3-5-7-15/h3-7,11-14,16-19,22-23,30-31H,8-10H2,1-2H3,(H,48,58)(H,49,59)(H,35,36,39,46)(H2,40,41,42,45,47)/t16-,17-,18-,19-,22-,23-,30-,31-,56-,57-/m1/s1. The van der Waals surface area contributed by atoms with E-state index in [1.54, 1.807) is 44.2 Å². The van der Waals surface area contributed by atoms with Gasteiger partial charge in [-0.1, -0.05) is 56.5 Å². The highest BCUT2D eigenvalue weighted by molar-refractivity contribution is 8.44. The van der Waals surface area contributed by atoms with Crippen LogP contribution in [0.2, 0.25) is 0 Å². The number of imidazole rings is 2. The fourth-order valence-electron chi connectivity index (χ4n) is 6.61. The Bertz CT molecular complexity index is 2570. The van der Waals surface area contributed by atoms with Crippen molar-refractivity contribution in [3.63, 3.8) is 0 Å². The van der Waals surface area contributed by atoms with Crippen LogP contribution in [0, 0.1) is 5.92 Å². The van der Waals surface area contributed by atoms with E-state index in [4.69, 9.17) is 27.6 Å². The second kappa shape index (κ2) is 16.4. The number of nitrogens with zero attached hydrogens (tertiary/aromatic N) is 7. The lowest BCUT2D eigenvalue weighted by atomic mass is 10.1. The molecule has 8 rings (SSSR count). The van der Waals surface area contributed by atoms with E-state index >= 15 is 8.78 Å². The first-order valence-corrected chi connectivity index (χ1v) is 23.2. The van der Waals surface area contributed by atoms with Crippen LogP contribution >= 0.6 is 38.1 Å². The molecule has 0 saturated carbocycles. The molecule has 3 N–H and O–H groups in total. The maximum Gasteiger partial charge on any atom is 0.386 e. The average Bonchev–Trinajstić information content (AvgIpc) is 3.96. The summed E-state index contributed by atoms with van der Waals surface area (Å²) in [6.45, 7) is -6.98. The molecule has 3 aliphatic heterocycles. The van der Waals surface area contributed by atoms with E-state index in [-0.39, 0.29) is 40.5 Å². The van der Waals surface area contributed by atoms with Gasteiger partial charge in [-0.25, -0.2) is 37.8 Å². The van der Waals surface area contributed by atoms with Gasteiger partial charge in [0.1, 0.15) is 24.6 Å². The van der Waals surface area contributed by atoms with Crippen molar-refractivity contribution in [3.8, 4) is 0 Å². The van der Waals surface area contributed by atoms with E-state index in [2.05, 4.69) is 65.0 Å². The summed E-state index contributed by atoms with van der Waals surface area (Å²) in [5, 5.41) is 5.12. The number of H-pyrrole nitrogens is 1. The van der Waals surface area contributed by atoms with Crippen molar-refractivity contribution < 1.29 is 55.1 Å². The van der Waals surface area contributed by atoms with E-state index < -0.39 is 99.3 Å². The molecule has 4 aromatic heterocycles. The third-order valence-corrected chi connectivity index (χ3v) is 12.7. The van der Waals surface area contributed by atoms with Gasteiger partial charge in [-0.15, -0.1) is 0 Å². The van der Waals surface area contributed by atoms with Gasteiger partial charge in [0.2, 0.25) is 11.9 Å². The number of aromatic amines is 1. The summed E-state index contributed by atoms with van der Waals surface area (Å²) < 4.78 is 96.6. The van der Waals surface area contributed by atoms with Crippen molar-refractivity contribution in [1.82, 2.24) is 39.0 Å². The van der Waals surface area contributed by atoms with Gasteiger partial charge in [-0.05, 0) is 12.1 Å². The fraction of sp³-hybridized carbons (Fsp3) is 0.438. The van der Waals surface area contributed by atoms with Gasteiger partial charge in [0, 0.05) is 17.9 Å². The quantitative estimate of drug-likeness (QED) is 0.116. The minimum atomic E-state index is -4.55. The van der Waals surface area contributed by atoms with Crippen LogP contribution in [0.4, 0.5) is 20.5 Å². The summed E-state index contributed by atoms with van der Waals surface area (Å²) in [5.41, 5.74) is -0.635. The lowest BCUT2D eigenvalue weighted by Crippen LogP contribution is -2.33. The van der Waals surface area contributed by atoms with Crippen molar-refractivity contribution in [2.45, 2.75) is 69.5 Å². The lowest BCUT2D eigenvalue weighted by Gasteiger charge is -2.24. The van der Waals surface area contributed by atoms with Gasteiger partial charge in [0.05, 0.1) is 32.0 Å². The van der Waals surface area contributed by atoms with Crippen molar-refractivity contribution in [1.29, 1.82) is 0 Å². The molecule has 2 amide bonds. The van der Waals surface area contributed by atoms with E-state index in [1.165, 1.54) is 10.9 Å². The molecule has 21 nitrogen and oxygen atoms in total. The molecule has 0 spiro atoms. The Hall–Kier alpha value is -4.16. The number of alkyl halides is 2. The minimum Gasteiger partial charge on any atom is -0.349 e. The molecule has 3 fully saturated rings. The van der Waals surface area contributed by atoms with Crippen molar-refractivity contribution in [2.75, 3.05) is 23.8 Å². The number of hydrogen-bond acceptors (Lipinski definition) is 16. The monoisotopic (exact) mass is 898 g/mol. The summed E-state index contributed by atoms with van der Waals surface area (Å²) in [4.78, 5) is 61.2. The zero-order valence-electron chi connectivity index (χ0n) is 30.6. The van der Waals surface area contributed by atoms with Gasteiger partial charge >= 0.3 is 13.6 Å². The molecule has 10 atom stereocenters. The number of amides is 2. The Kier molecular flexibility index (Phi) is 11.5. The SMILES string of the molecule is CC(C)C(=O)Nc1nc2c(ncn2[C@@H]2O[C@@H]3CO[P@@](=O)(S)O[C@H]4[C@@H](F)[C@H](n5cnc6c(NC(=O)c7ccccc7)ncnc65)O[C@@H]4CCO[P@@](=O)(S)O[C@H]3[C@H]2F)c(=O)[nH]1. The zero-order valence-corrected chi connectivity index (χ0v) is 34.2. The molecular formula is C32H34F2N10O11P2S2. The number of aromatic nitrogens is 8. The minimum absolute atomic E-state index is 0.0391. The Balaban J connectivity index is 1.03. The zero-order chi connectivity index (χ0) is 41.8. The molecule has 1 aromatic carbocycles. The number of benzene rings is 1. The molecule has 0 unspecified atom stereocenters. The van der Waals surface area contributed by atoms with Crippen LogP contribution in [0.25, 0.3) is 22.3 Å². The highest BCUT2D eigenvalue weighted by atomic mass is 32.7. The maximum atomic E-state index is 16.5. The summed E-state index contributed by atoms with van der Waals surface area (Å²) in [5.74, 6) is -1.61. The van der Waals surface area contributed by atoms with Crippen LogP contribution in [0.5, 0.6) is 0 Å². The molecule has 0 radical (unpaired) electrons. The van der Waals surface area contributed by atoms with Crippen LogP contribution in [0.1, 0.15) is 43.1 Å². The highest BCUT2D eigenvalue weighted by Gasteiger charge is 2.53. The van der Waals surface area contributed by atoms with E-state index in [9.17, 15) is 23.5 Å². The fourth-order valence-corrected chi connectivity index (χ4v) is 9.62. The number of ether oxygens (including phenoxy) is 2. The average molecular weight is 899 g/mol. The normalized spacial score (nSPS) is 31.6. The predicted molar refractivity (Wildman–Crippen MR) is 208 cm³/mol. The molecule has 0 aliphatic carbocycles. The number of hydrogen-bond donors (Lipinski definition) is 5. The number of carbonyl (C=O) groups excluding carboxylic acids is 2. The summed E-state index contributed by atoms with van der Waals surface area (Å²) in [6.07, 6.45) is -10.4. The molecule has 3 aliphatic rings. The molecule has 59 heavy (non-hydrogen) atoms. The van der Waals surface area contributed by atoms with E-state index in [0.717, 1.165) is 17.2 Å². The van der Waals surface area contributed by atoms with Crippen molar-refractivity contribution in [3.05, 3.63) is 65.2 Å². The number of rotatable bonds is 6. The highest BCUT2D eigenvalue weighted by Crippen LogP contribution is 2.60. The number of anilines is 2. The molecule has 27 heteroatoms. The predicted octanol–water partition coefficient (Wildman–Crippen LogP) is 4.56. The van der Waals surface area contributed by atoms with E-state index in [1.807, 2.05) is 0 Å². The van der Waals surface area contributed by atoms with Gasteiger partial charge in [0.25, 0.3) is 11.5 Å². The topological polar surface area (TPSA) is 255 Å². The van der Waals surface area contributed by atoms with Gasteiger partial charge < -0.3 is 19.3 Å². The van der Waals surface area contributed by atoms with Gasteiger partial charge in [0.15, 0.2) is 52.9 Å². The third-order valence-electron chi connectivity index (χ3n) is 9.48. The molecule has 3 saturated heterocycles. The van der Waals surface area contributed by atoms with Crippen molar-refractivity contribution >= 4 is 84.0 Å². The number of halogens is 2. The Labute approximate surface area is 341 Å². The second-order valence-electron chi connectivity index (χ2n) is 13.8. The van der Waals surface area contributed by atoms with Crippen LogP contribution in [-0.4, -0.2) is 101 Å². The maximum absolute atomic E-state index is 16.5. The molecule has 5 aromatic rings. The number of nitrogens with one attached hydrogen (secondary N) is 3. The molecule has 314 valence electrons. The first-order valence-electron chi connectivity index (χ1n) is 17.8. The molecule has 0 bridgehead atoms. The van der Waals surface area contributed by atoms with Crippen LogP contribution < -0.4 is 16.2 Å². The summed E-state index contributed by atoms with van der Waals surface area (Å²) in [6, 6.07) is 8.34. The van der Waals surface area contributed by atoms with Crippen LogP contribution in [0.3, 0.4) is 0 Å². The van der Waals surface area contributed by atoms with E-state index in [0.29, 0.717) is 5.56 Å². The van der Waals surface area contributed by atoms with Gasteiger partial charge in [-0.2, -0.15) is 4.98 Å². The first kappa shape index (κ1) is 41.6. The molecular weight excluding hydrogens is 864 g/mol. The lowest BCUT2D eigenvalue weighted by molar-refractivity contribution is -0.118. The van der Waals surface area contributed by atoms with Gasteiger partial charge in [-0.3, -0.25) is 47.4 Å². The number of thiol groups is 2. The number of fused-ring (bicyclic) bond motifs is 4. The Morgan fingerprint density at radius 2 is 1.49 bits per heavy atom. The molecule has 7 heterocycles. The second-order valence-corrected chi connectivity index (χ2v) is 19.5. The third kappa shape index (κ3) is 8.45. The first-order chi connectivity index (χ1) is 28.1. The summed E-state index contributed by atoms with van der Waals surface area (Å²) >= 11 is 8.11. The van der Waals surface area contributed by atoms with Crippen LogP contribution in [0.15, 0.2) is 54.1 Å². The summed E-state index contributed by atoms with van der Waals surface area (Å²) in [7, 11) is 0. The van der Waals surface area contributed by atoms with Crippen LogP contribution in [-0.2, 0) is 41.5 Å².